The zero-order valence-corrected chi connectivity index (χ0v) is 19.7. The van der Waals surface area contributed by atoms with Gasteiger partial charge in [0.1, 0.15) is 11.5 Å². The highest BCUT2D eigenvalue weighted by Gasteiger charge is 2.21. The molecule has 0 saturated heterocycles. The average Bonchev–Trinajstić information content (AvgIpc) is 2.79. The van der Waals surface area contributed by atoms with Crippen LogP contribution in [-0.4, -0.2) is 50.2 Å². The van der Waals surface area contributed by atoms with E-state index in [0.717, 1.165) is 0 Å². The first-order chi connectivity index (χ1) is 16.4. The molecule has 0 saturated carbocycles. The standard InChI is InChI=1S/C11H13NO5.C11H14O3.HNO3/c1-3-17-11-5-10(12(15)16)9(7(2)14)4-8(11)6-13;1-3-14-11-5-4-9(8(2)13)6-10(11)7-12;2-1(3)4/h4-5,13H,3,6H2,1-2H3;4-6,12H,3,7H2,1-2H3;(H,2,3,4). The normalized spacial score (nSPS) is 9.54. The second-order valence-electron chi connectivity index (χ2n) is 6.59. The summed E-state index contributed by atoms with van der Waals surface area (Å²) in [5, 5.41) is 42.6. The molecule has 3 N–H and O–H groups in total. The number of hydrogen-bond donors (Lipinski definition) is 3. The van der Waals surface area contributed by atoms with Gasteiger partial charge in [0.2, 0.25) is 0 Å². The molecule has 192 valence electrons. The highest BCUT2D eigenvalue weighted by atomic mass is 16.9. The van der Waals surface area contributed by atoms with Gasteiger partial charge in [-0.1, -0.05) is 0 Å². The molecular formula is C22H28N2O11. The Labute approximate surface area is 200 Å². The quantitative estimate of drug-likeness (QED) is 0.262. The molecule has 0 spiro atoms. The number of Topliss-reactive ketones (excluding diaryl/α,β-unsaturated/α-hetero) is 2. The number of ether oxygens (including phenoxy) is 2. The van der Waals surface area contributed by atoms with Crippen molar-refractivity contribution >= 4 is 17.3 Å². The van der Waals surface area contributed by atoms with Crippen molar-refractivity contribution in [2.45, 2.75) is 40.9 Å². The van der Waals surface area contributed by atoms with Gasteiger partial charge in [0.25, 0.3) is 10.8 Å². The monoisotopic (exact) mass is 496 g/mol. The van der Waals surface area contributed by atoms with Crippen molar-refractivity contribution in [1.29, 1.82) is 0 Å². The first kappa shape index (κ1) is 30.9. The molecule has 0 fully saturated rings. The lowest BCUT2D eigenvalue weighted by atomic mass is 10.0. The van der Waals surface area contributed by atoms with Gasteiger partial charge >= 0.3 is 0 Å². The number of aliphatic hydroxyl groups is 2. The summed E-state index contributed by atoms with van der Waals surface area (Å²) in [7, 11) is 0. The minimum Gasteiger partial charge on any atom is -0.494 e. The van der Waals surface area contributed by atoms with Crippen LogP contribution in [0.25, 0.3) is 0 Å². The van der Waals surface area contributed by atoms with Gasteiger partial charge in [-0.3, -0.25) is 19.7 Å². The second-order valence-corrected chi connectivity index (χ2v) is 6.59. The van der Waals surface area contributed by atoms with Crippen LogP contribution in [0.1, 0.15) is 59.5 Å². The number of nitro benzene ring substituents is 1. The van der Waals surface area contributed by atoms with Gasteiger partial charge in [-0.05, 0) is 52.0 Å². The minimum atomic E-state index is -1.50. The topological polar surface area (TPSA) is 200 Å². The van der Waals surface area contributed by atoms with Crippen LogP contribution in [0.3, 0.4) is 0 Å². The molecule has 35 heavy (non-hydrogen) atoms. The third-order valence-electron chi connectivity index (χ3n) is 4.16. The van der Waals surface area contributed by atoms with Crippen LogP contribution in [-0.2, 0) is 13.2 Å². The molecule has 0 radical (unpaired) electrons. The van der Waals surface area contributed by atoms with Crippen molar-refractivity contribution in [3.8, 4) is 11.5 Å². The molecule has 0 aliphatic heterocycles. The van der Waals surface area contributed by atoms with E-state index in [1.165, 1.54) is 26.0 Å². The predicted molar refractivity (Wildman–Crippen MR) is 123 cm³/mol. The molecule has 0 bridgehead atoms. The zero-order chi connectivity index (χ0) is 27.1. The molecule has 0 heterocycles. The number of aliphatic hydroxyl groups excluding tert-OH is 2. The lowest BCUT2D eigenvalue weighted by molar-refractivity contribution is -0.742. The summed E-state index contributed by atoms with van der Waals surface area (Å²) in [6, 6.07) is 7.54. The molecule has 0 aliphatic carbocycles. The lowest BCUT2D eigenvalue weighted by Gasteiger charge is -2.09. The molecule has 0 atom stereocenters. The number of nitrogens with zero attached hydrogens (tertiary/aromatic N) is 2. The summed E-state index contributed by atoms with van der Waals surface area (Å²) in [6.07, 6.45) is 0. The van der Waals surface area contributed by atoms with Crippen LogP contribution in [0.5, 0.6) is 11.5 Å². The average molecular weight is 496 g/mol. The maximum absolute atomic E-state index is 11.3. The Bertz CT molecular complexity index is 1030. The van der Waals surface area contributed by atoms with Crippen molar-refractivity contribution in [3.63, 3.8) is 0 Å². The Morgan fingerprint density at radius 3 is 1.74 bits per heavy atom. The van der Waals surface area contributed by atoms with Crippen molar-refractivity contribution in [2.24, 2.45) is 0 Å². The van der Waals surface area contributed by atoms with E-state index in [-0.39, 0.29) is 36.0 Å². The molecule has 2 aromatic rings. The third-order valence-corrected chi connectivity index (χ3v) is 4.16. The zero-order valence-electron chi connectivity index (χ0n) is 19.7. The minimum absolute atomic E-state index is 0.0113. The maximum Gasteiger partial charge on any atom is 0.291 e. The summed E-state index contributed by atoms with van der Waals surface area (Å²) in [4.78, 5) is 40.9. The fourth-order valence-electron chi connectivity index (χ4n) is 2.68. The van der Waals surface area contributed by atoms with Gasteiger partial charge < -0.3 is 24.9 Å². The molecule has 2 rings (SSSR count). The highest BCUT2D eigenvalue weighted by molar-refractivity contribution is 5.98. The first-order valence-electron chi connectivity index (χ1n) is 10.2. The summed E-state index contributed by atoms with van der Waals surface area (Å²) in [5.74, 6) is 0.434. The summed E-state index contributed by atoms with van der Waals surface area (Å²) >= 11 is 0. The largest absolute Gasteiger partial charge is 0.494 e. The number of benzene rings is 2. The summed E-state index contributed by atoms with van der Waals surface area (Å²) < 4.78 is 10.5. The SMILES string of the molecule is CCOc1cc([N+](=O)[O-])c(C(C)=O)cc1CO.CCOc1ccc(C(C)=O)cc1CO.O=[N+]([O-])O. The molecule has 0 amide bonds. The molecule has 2 aromatic carbocycles. The van der Waals surface area contributed by atoms with E-state index < -0.39 is 15.8 Å². The fourth-order valence-corrected chi connectivity index (χ4v) is 2.68. The van der Waals surface area contributed by atoms with E-state index in [1.54, 1.807) is 25.1 Å². The fraction of sp³-hybridized carbons (Fsp3) is 0.364. The van der Waals surface area contributed by atoms with Crippen LogP contribution >= 0.6 is 0 Å². The van der Waals surface area contributed by atoms with Gasteiger partial charge in [0.15, 0.2) is 11.6 Å². The second kappa shape index (κ2) is 15.7. The van der Waals surface area contributed by atoms with E-state index in [0.29, 0.717) is 35.7 Å². The number of carbonyl (C=O) groups is 2. The number of carbonyl (C=O) groups excluding carboxylic acids is 2. The summed E-state index contributed by atoms with van der Waals surface area (Å²) in [5.41, 5.74) is 1.28. The van der Waals surface area contributed by atoms with Gasteiger partial charge in [-0.15, -0.1) is 10.1 Å². The van der Waals surface area contributed by atoms with Gasteiger partial charge in [-0.2, -0.15) is 0 Å². The van der Waals surface area contributed by atoms with Gasteiger partial charge in [-0.25, -0.2) is 0 Å². The Morgan fingerprint density at radius 2 is 1.34 bits per heavy atom. The lowest BCUT2D eigenvalue weighted by Crippen LogP contribution is -2.05. The van der Waals surface area contributed by atoms with E-state index in [2.05, 4.69) is 0 Å². The highest BCUT2D eigenvalue weighted by Crippen LogP contribution is 2.29. The molecular weight excluding hydrogens is 468 g/mol. The van der Waals surface area contributed by atoms with E-state index >= 15 is 0 Å². The molecule has 0 aromatic heterocycles. The van der Waals surface area contributed by atoms with Crippen molar-refractivity contribution in [2.75, 3.05) is 13.2 Å². The molecule has 13 heteroatoms. The Kier molecular flexibility index (Phi) is 13.8. The van der Waals surface area contributed by atoms with Crippen LogP contribution in [0.2, 0.25) is 0 Å². The van der Waals surface area contributed by atoms with Crippen LogP contribution in [0, 0.1) is 20.2 Å². The van der Waals surface area contributed by atoms with Crippen molar-refractivity contribution < 1.29 is 44.5 Å². The molecule has 13 nitrogen and oxygen atoms in total. The Balaban J connectivity index is 0.000000581. The first-order valence-corrected chi connectivity index (χ1v) is 10.2. The van der Waals surface area contributed by atoms with Gasteiger partial charge in [0.05, 0.1) is 43.0 Å². The predicted octanol–water partition coefficient (Wildman–Crippen LogP) is 3.12. The number of ketones is 2. The van der Waals surface area contributed by atoms with Gasteiger partial charge in [0, 0.05) is 16.7 Å². The number of nitro groups is 1. The Morgan fingerprint density at radius 1 is 0.857 bits per heavy atom. The van der Waals surface area contributed by atoms with Crippen LogP contribution in [0.15, 0.2) is 30.3 Å². The smallest absolute Gasteiger partial charge is 0.291 e. The van der Waals surface area contributed by atoms with Crippen molar-refractivity contribution in [1.82, 2.24) is 0 Å². The summed E-state index contributed by atoms with van der Waals surface area (Å²) in [6.45, 7) is 6.76. The Hall–Kier alpha value is -4.10. The third kappa shape index (κ3) is 10.6. The van der Waals surface area contributed by atoms with Crippen LogP contribution < -0.4 is 9.47 Å². The van der Waals surface area contributed by atoms with E-state index in [9.17, 15) is 19.7 Å². The van der Waals surface area contributed by atoms with Crippen LogP contribution in [0.4, 0.5) is 5.69 Å². The van der Waals surface area contributed by atoms with Crippen molar-refractivity contribution in [3.05, 3.63) is 72.8 Å². The maximum atomic E-state index is 11.3. The molecule has 0 aliphatic rings. The molecule has 0 unspecified atom stereocenters. The van der Waals surface area contributed by atoms with E-state index in [1.807, 2.05) is 6.92 Å². The number of hydrogen-bond acceptors (Lipinski definition) is 10. The number of rotatable bonds is 9. The van der Waals surface area contributed by atoms with E-state index in [4.69, 9.17) is 35.0 Å².